The number of carbonyl (C=O) groups excluding carboxylic acids is 3. The van der Waals surface area contributed by atoms with Crippen molar-refractivity contribution in [3.05, 3.63) is 101 Å². The molecule has 0 aromatic heterocycles. The fraction of sp³-hybridized carbons (Fsp3) is 0.303. The summed E-state index contributed by atoms with van der Waals surface area (Å²) in [4.78, 5) is 45.2. The molecular weight excluding hydrogens is 548 g/mol. The molecule has 43 heavy (non-hydrogen) atoms. The van der Waals surface area contributed by atoms with Gasteiger partial charge in [-0.25, -0.2) is 9.59 Å². The molecule has 0 spiro atoms. The Bertz CT molecular complexity index is 1500. The summed E-state index contributed by atoms with van der Waals surface area (Å²) in [6.07, 6.45) is 0. The molecule has 1 atom stereocenters. The number of likely N-dealkylation sites (N-methyl/N-ethyl adjacent to an activating group) is 1. The molecule has 2 aliphatic heterocycles. The van der Waals surface area contributed by atoms with Crippen LogP contribution >= 0.6 is 0 Å². The van der Waals surface area contributed by atoms with E-state index in [9.17, 15) is 14.4 Å². The van der Waals surface area contributed by atoms with Gasteiger partial charge in [0.15, 0.2) is 0 Å². The number of methoxy groups -OCH3 is 1. The van der Waals surface area contributed by atoms with Crippen LogP contribution in [0.2, 0.25) is 0 Å². The zero-order chi connectivity index (χ0) is 30.3. The van der Waals surface area contributed by atoms with Crippen molar-refractivity contribution in [1.82, 2.24) is 20.0 Å². The van der Waals surface area contributed by atoms with E-state index in [4.69, 9.17) is 14.2 Å². The van der Waals surface area contributed by atoms with Crippen molar-refractivity contribution in [3.63, 3.8) is 0 Å². The Hall–Kier alpha value is -4.83. The van der Waals surface area contributed by atoms with Crippen LogP contribution in [0.4, 0.5) is 4.79 Å². The highest BCUT2D eigenvalue weighted by molar-refractivity contribution is 5.95. The van der Waals surface area contributed by atoms with Crippen molar-refractivity contribution in [2.45, 2.75) is 13.0 Å². The lowest BCUT2D eigenvalue weighted by molar-refractivity contribution is -0.139. The molecule has 2 aliphatic rings. The average Bonchev–Trinajstić information content (AvgIpc) is 3.04. The fourth-order valence-electron chi connectivity index (χ4n) is 5.29. The minimum absolute atomic E-state index is 0.0585. The molecule has 3 amide bonds. The van der Waals surface area contributed by atoms with E-state index in [0.29, 0.717) is 72.4 Å². The van der Waals surface area contributed by atoms with Crippen LogP contribution < -0.4 is 14.8 Å². The Labute approximate surface area is 251 Å². The van der Waals surface area contributed by atoms with E-state index in [1.54, 1.807) is 45.3 Å². The maximum absolute atomic E-state index is 13.4. The van der Waals surface area contributed by atoms with Crippen LogP contribution in [0, 0.1) is 0 Å². The number of esters is 1. The number of para-hydroxylation sites is 1. The Balaban J connectivity index is 1.38. The summed E-state index contributed by atoms with van der Waals surface area (Å²) in [5.41, 5.74) is 2.21. The van der Waals surface area contributed by atoms with Gasteiger partial charge in [0, 0.05) is 51.0 Å². The smallest absolute Gasteiger partial charge is 0.338 e. The molecule has 0 bridgehead atoms. The second-order valence-corrected chi connectivity index (χ2v) is 10.3. The van der Waals surface area contributed by atoms with E-state index in [-0.39, 0.29) is 18.5 Å². The van der Waals surface area contributed by atoms with Crippen molar-refractivity contribution in [1.29, 1.82) is 0 Å². The van der Waals surface area contributed by atoms with E-state index in [2.05, 4.69) is 10.2 Å². The summed E-state index contributed by atoms with van der Waals surface area (Å²) in [5.74, 6) is 1.34. The van der Waals surface area contributed by atoms with Gasteiger partial charge in [0.05, 0.1) is 25.3 Å². The quantitative estimate of drug-likeness (QED) is 0.371. The molecule has 224 valence electrons. The van der Waals surface area contributed by atoms with Crippen molar-refractivity contribution in [2.75, 3.05) is 53.5 Å². The van der Waals surface area contributed by atoms with E-state index in [0.717, 1.165) is 0 Å². The van der Waals surface area contributed by atoms with Gasteiger partial charge in [0.1, 0.15) is 17.2 Å². The van der Waals surface area contributed by atoms with Gasteiger partial charge in [-0.05, 0) is 55.0 Å². The number of piperazine rings is 1. The summed E-state index contributed by atoms with van der Waals surface area (Å²) in [7, 11) is 3.22. The third-order valence-electron chi connectivity index (χ3n) is 7.59. The number of rotatable bonds is 9. The fourth-order valence-corrected chi connectivity index (χ4v) is 5.29. The number of carbonyl (C=O) groups is 3. The lowest BCUT2D eigenvalue weighted by Gasteiger charge is -2.39. The number of hydrogen-bond donors (Lipinski definition) is 1. The maximum Gasteiger partial charge on any atom is 0.338 e. The zero-order valence-corrected chi connectivity index (χ0v) is 24.6. The first-order chi connectivity index (χ1) is 20.9. The van der Waals surface area contributed by atoms with E-state index >= 15 is 0 Å². The highest BCUT2D eigenvalue weighted by Gasteiger charge is 2.38. The molecule has 1 saturated heterocycles. The molecule has 3 aromatic carbocycles. The van der Waals surface area contributed by atoms with Crippen LogP contribution in [-0.2, 0) is 9.53 Å². The SMILES string of the molecule is CCOC(=O)C1=C(CN2CCN(C(=O)c3cccc(OC)c3)CC2)N(C)C(=O)N[C@H]1c1cccc(Oc2ccccc2)c1. The molecule has 0 saturated carbocycles. The van der Waals surface area contributed by atoms with Gasteiger partial charge in [-0.3, -0.25) is 14.6 Å². The average molecular weight is 585 g/mol. The molecule has 10 nitrogen and oxygen atoms in total. The second-order valence-electron chi connectivity index (χ2n) is 10.3. The maximum atomic E-state index is 13.4. The lowest BCUT2D eigenvalue weighted by Crippen LogP contribution is -2.53. The Kier molecular flexibility index (Phi) is 9.26. The minimum Gasteiger partial charge on any atom is -0.497 e. The largest absolute Gasteiger partial charge is 0.497 e. The standard InChI is InChI=1S/C33H36N4O6/c1-4-42-32(39)29-28(22-36-16-18-37(19-17-36)31(38)24-11-9-14-26(21-24)41-3)35(2)33(40)34-30(29)23-10-8-15-27(20-23)43-25-12-6-5-7-13-25/h5-15,20-21,30H,4,16-19,22H2,1-3H3,(H,34,40)/t30-/m0/s1. The summed E-state index contributed by atoms with van der Waals surface area (Å²) in [5, 5.41) is 2.97. The van der Waals surface area contributed by atoms with Crippen LogP contribution in [0.1, 0.15) is 28.9 Å². The molecule has 10 heteroatoms. The van der Waals surface area contributed by atoms with Crippen LogP contribution in [0.15, 0.2) is 90.1 Å². The van der Waals surface area contributed by atoms with Gasteiger partial charge in [-0.2, -0.15) is 0 Å². The second kappa shape index (κ2) is 13.4. The Morgan fingerprint density at radius 2 is 1.58 bits per heavy atom. The van der Waals surface area contributed by atoms with Crippen LogP contribution in [0.3, 0.4) is 0 Å². The van der Waals surface area contributed by atoms with Crippen LogP contribution in [-0.4, -0.2) is 86.1 Å². The highest BCUT2D eigenvalue weighted by atomic mass is 16.5. The number of benzene rings is 3. The topological polar surface area (TPSA) is 101 Å². The van der Waals surface area contributed by atoms with Crippen molar-refractivity contribution < 1.29 is 28.6 Å². The Morgan fingerprint density at radius 3 is 2.30 bits per heavy atom. The Morgan fingerprint density at radius 1 is 0.884 bits per heavy atom. The summed E-state index contributed by atoms with van der Waals surface area (Å²) in [6.45, 7) is 4.47. The molecule has 3 aromatic rings. The lowest BCUT2D eigenvalue weighted by atomic mass is 9.94. The third kappa shape index (κ3) is 6.81. The first-order valence-corrected chi connectivity index (χ1v) is 14.3. The predicted octanol–water partition coefficient (Wildman–Crippen LogP) is 4.46. The van der Waals surface area contributed by atoms with Crippen molar-refractivity contribution in [2.24, 2.45) is 0 Å². The number of amides is 3. The van der Waals surface area contributed by atoms with Gasteiger partial charge in [-0.1, -0.05) is 36.4 Å². The van der Waals surface area contributed by atoms with Gasteiger partial charge in [0.25, 0.3) is 5.91 Å². The predicted molar refractivity (Wildman–Crippen MR) is 161 cm³/mol. The number of nitrogens with zero attached hydrogens (tertiary/aromatic N) is 3. The van der Waals surface area contributed by atoms with Crippen LogP contribution in [0.5, 0.6) is 17.2 Å². The minimum atomic E-state index is -0.729. The summed E-state index contributed by atoms with van der Waals surface area (Å²) >= 11 is 0. The van der Waals surface area contributed by atoms with Gasteiger partial charge in [-0.15, -0.1) is 0 Å². The summed E-state index contributed by atoms with van der Waals surface area (Å²) < 4.78 is 16.8. The monoisotopic (exact) mass is 584 g/mol. The number of ether oxygens (including phenoxy) is 3. The first kappa shape index (κ1) is 29.7. The van der Waals surface area contributed by atoms with Gasteiger partial charge < -0.3 is 24.4 Å². The van der Waals surface area contributed by atoms with Gasteiger partial charge >= 0.3 is 12.0 Å². The summed E-state index contributed by atoms with van der Waals surface area (Å²) in [6, 6.07) is 22.8. The molecule has 0 radical (unpaired) electrons. The normalized spacial score (nSPS) is 17.4. The first-order valence-electron chi connectivity index (χ1n) is 14.3. The molecular formula is C33H36N4O6. The zero-order valence-electron chi connectivity index (χ0n) is 24.6. The molecule has 1 N–H and O–H groups in total. The third-order valence-corrected chi connectivity index (χ3v) is 7.59. The molecule has 5 rings (SSSR count). The van der Waals surface area contributed by atoms with E-state index < -0.39 is 12.0 Å². The molecule has 2 heterocycles. The number of urea groups is 1. The van der Waals surface area contributed by atoms with E-state index in [1.165, 1.54) is 4.90 Å². The number of nitrogens with one attached hydrogen (secondary N) is 1. The molecule has 1 fully saturated rings. The highest BCUT2D eigenvalue weighted by Crippen LogP contribution is 2.34. The van der Waals surface area contributed by atoms with Crippen molar-refractivity contribution in [3.8, 4) is 17.2 Å². The number of hydrogen-bond acceptors (Lipinski definition) is 7. The van der Waals surface area contributed by atoms with Crippen molar-refractivity contribution >= 4 is 17.9 Å². The molecule has 0 aliphatic carbocycles. The van der Waals surface area contributed by atoms with E-state index in [1.807, 2.05) is 59.5 Å². The molecule has 0 unspecified atom stereocenters. The van der Waals surface area contributed by atoms with Crippen LogP contribution in [0.25, 0.3) is 0 Å². The van der Waals surface area contributed by atoms with Gasteiger partial charge in [0.2, 0.25) is 0 Å².